The van der Waals surface area contributed by atoms with Crippen LogP contribution in [0.3, 0.4) is 0 Å². The minimum Gasteiger partial charge on any atom is -0.306 e. The van der Waals surface area contributed by atoms with Crippen LogP contribution in [0.15, 0.2) is 36.7 Å². The zero-order valence-corrected chi connectivity index (χ0v) is 10.3. The Morgan fingerprint density at radius 2 is 1.79 bits per heavy atom. The molecule has 2 rings (SSSR count). The molecule has 19 heavy (non-hydrogen) atoms. The van der Waals surface area contributed by atoms with Gasteiger partial charge in [0.25, 0.3) is 0 Å². The number of nitrogens with zero attached hydrogens (tertiary/aromatic N) is 1. The van der Waals surface area contributed by atoms with E-state index in [-0.39, 0.29) is 11.1 Å². The van der Waals surface area contributed by atoms with E-state index < -0.39 is 23.5 Å². The lowest BCUT2D eigenvalue weighted by Gasteiger charge is -2.20. The molecule has 2 nitrogen and oxygen atoms in total. The molecule has 100 valence electrons. The van der Waals surface area contributed by atoms with Crippen molar-refractivity contribution in [3.63, 3.8) is 0 Å². The summed E-state index contributed by atoms with van der Waals surface area (Å²) in [6.45, 7) is 2.23. The van der Waals surface area contributed by atoms with Gasteiger partial charge in [0.2, 0.25) is 0 Å². The molecular weight excluding hydrogens is 253 g/mol. The van der Waals surface area contributed by atoms with Crippen molar-refractivity contribution in [1.29, 1.82) is 0 Å². The standard InChI is InChI=1S/C14H13F3N2/c1-2-19-14(9-6-7-18-8-12(9)17)13-10(15)4-3-5-11(13)16/h3-8,14,19H,2H2,1H3. The zero-order valence-electron chi connectivity index (χ0n) is 10.3. The highest BCUT2D eigenvalue weighted by Gasteiger charge is 2.23. The molecular formula is C14H13F3N2. The maximum atomic E-state index is 13.8. The van der Waals surface area contributed by atoms with Crippen LogP contribution in [0.2, 0.25) is 0 Å². The lowest BCUT2D eigenvalue weighted by atomic mass is 9.98. The van der Waals surface area contributed by atoms with Crippen molar-refractivity contribution >= 4 is 0 Å². The molecule has 0 aliphatic rings. The minimum absolute atomic E-state index is 0.167. The lowest BCUT2D eigenvalue weighted by molar-refractivity contribution is 0.494. The summed E-state index contributed by atoms with van der Waals surface area (Å²) in [5.41, 5.74) is -0.0182. The third kappa shape index (κ3) is 2.76. The second-order valence-electron chi connectivity index (χ2n) is 4.02. The van der Waals surface area contributed by atoms with Crippen LogP contribution in [0.5, 0.6) is 0 Å². The van der Waals surface area contributed by atoms with Crippen molar-refractivity contribution in [3.8, 4) is 0 Å². The summed E-state index contributed by atoms with van der Waals surface area (Å²) in [7, 11) is 0. The Balaban J connectivity index is 2.55. The van der Waals surface area contributed by atoms with E-state index >= 15 is 0 Å². The molecule has 0 aliphatic heterocycles. The van der Waals surface area contributed by atoms with Crippen LogP contribution in [-0.4, -0.2) is 11.5 Å². The van der Waals surface area contributed by atoms with Gasteiger partial charge in [-0.15, -0.1) is 0 Å². The zero-order chi connectivity index (χ0) is 13.8. The first kappa shape index (κ1) is 13.5. The highest BCUT2D eigenvalue weighted by atomic mass is 19.1. The van der Waals surface area contributed by atoms with Gasteiger partial charge in [0.1, 0.15) is 17.5 Å². The number of aromatic nitrogens is 1. The molecule has 1 N–H and O–H groups in total. The smallest absolute Gasteiger partial charge is 0.146 e. The summed E-state index contributed by atoms with van der Waals surface area (Å²) in [6, 6.07) is 4.12. The minimum atomic E-state index is -0.880. The molecule has 1 unspecified atom stereocenters. The third-order valence-corrected chi connectivity index (χ3v) is 2.81. The van der Waals surface area contributed by atoms with Crippen molar-refractivity contribution in [2.45, 2.75) is 13.0 Å². The highest BCUT2D eigenvalue weighted by molar-refractivity contribution is 5.33. The SMILES string of the molecule is CCNC(c1ccncc1F)c1c(F)cccc1F. The highest BCUT2D eigenvalue weighted by Crippen LogP contribution is 2.28. The molecule has 0 bridgehead atoms. The third-order valence-electron chi connectivity index (χ3n) is 2.81. The fourth-order valence-corrected chi connectivity index (χ4v) is 1.98. The Kier molecular flexibility index (Phi) is 4.16. The van der Waals surface area contributed by atoms with Gasteiger partial charge in [0.15, 0.2) is 0 Å². The largest absolute Gasteiger partial charge is 0.306 e. The van der Waals surface area contributed by atoms with Gasteiger partial charge in [-0.1, -0.05) is 13.0 Å². The van der Waals surface area contributed by atoms with Crippen LogP contribution >= 0.6 is 0 Å². The van der Waals surface area contributed by atoms with Gasteiger partial charge in [-0.3, -0.25) is 4.98 Å². The summed E-state index contributed by atoms with van der Waals surface area (Å²) in [5.74, 6) is -2.01. The Hall–Kier alpha value is -1.88. The normalized spacial score (nSPS) is 12.4. The van der Waals surface area contributed by atoms with Crippen LogP contribution in [0.1, 0.15) is 24.1 Å². The van der Waals surface area contributed by atoms with Crippen molar-refractivity contribution < 1.29 is 13.2 Å². The predicted octanol–water partition coefficient (Wildman–Crippen LogP) is 3.20. The molecule has 0 saturated carbocycles. The second-order valence-corrected chi connectivity index (χ2v) is 4.02. The number of benzene rings is 1. The van der Waals surface area contributed by atoms with E-state index in [1.807, 2.05) is 0 Å². The van der Waals surface area contributed by atoms with Crippen LogP contribution in [-0.2, 0) is 0 Å². The number of hydrogen-bond donors (Lipinski definition) is 1. The number of halogens is 3. The molecule has 5 heteroatoms. The van der Waals surface area contributed by atoms with E-state index in [9.17, 15) is 13.2 Å². The fraction of sp³-hybridized carbons (Fsp3) is 0.214. The average molecular weight is 266 g/mol. The van der Waals surface area contributed by atoms with E-state index in [0.717, 1.165) is 18.3 Å². The molecule has 1 aromatic heterocycles. The predicted molar refractivity (Wildman–Crippen MR) is 66.1 cm³/mol. The number of pyridine rings is 1. The molecule has 0 radical (unpaired) electrons. The Morgan fingerprint density at radius 3 is 2.37 bits per heavy atom. The molecule has 0 amide bonds. The monoisotopic (exact) mass is 266 g/mol. The van der Waals surface area contributed by atoms with Gasteiger partial charge in [0.05, 0.1) is 12.2 Å². The van der Waals surface area contributed by atoms with Crippen molar-refractivity contribution in [1.82, 2.24) is 10.3 Å². The van der Waals surface area contributed by atoms with Gasteiger partial charge in [-0.25, -0.2) is 13.2 Å². The first-order chi connectivity index (χ1) is 9.15. The fourth-order valence-electron chi connectivity index (χ4n) is 1.98. The summed E-state index contributed by atoms with van der Waals surface area (Å²) in [5, 5.41) is 2.89. The molecule has 0 saturated heterocycles. The number of nitrogens with one attached hydrogen (secondary N) is 1. The maximum absolute atomic E-state index is 13.8. The van der Waals surface area contributed by atoms with E-state index in [0.29, 0.717) is 6.54 Å². The van der Waals surface area contributed by atoms with Gasteiger partial charge < -0.3 is 5.32 Å². The topological polar surface area (TPSA) is 24.9 Å². The summed E-state index contributed by atoms with van der Waals surface area (Å²) in [4.78, 5) is 3.64. The number of hydrogen-bond acceptors (Lipinski definition) is 2. The van der Waals surface area contributed by atoms with E-state index in [1.54, 1.807) is 6.92 Å². The molecule has 0 spiro atoms. The summed E-state index contributed by atoms with van der Waals surface area (Å²) in [6.07, 6.45) is 2.42. The van der Waals surface area contributed by atoms with E-state index in [4.69, 9.17) is 0 Å². The quantitative estimate of drug-likeness (QED) is 0.919. The van der Waals surface area contributed by atoms with Crippen LogP contribution in [0.4, 0.5) is 13.2 Å². The lowest BCUT2D eigenvalue weighted by Crippen LogP contribution is -2.25. The van der Waals surface area contributed by atoms with Crippen molar-refractivity contribution in [3.05, 3.63) is 65.2 Å². The Morgan fingerprint density at radius 1 is 1.11 bits per heavy atom. The van der Waals surface area contributed by atoms with Gasteiger partial charge in [0, 0.05) is 17.3 Å². The van der Waals surface area contributed by atoms with Crippen LogP contribution < -0.4 is 5.32 Å². The average Bonchev–Trinajstić information content (AvgIpc) is 2.38. The molecule has 1 aromatic carbocycles. The maximum Gasteiger partial charge on any atom is 0.146 e. The van der Waals surface area contributed by atoms with Crippen molar-refractivity contribution in [2.75, 3.05) is 6.54 Å². The van der Waals surface area contributed by atoms with Crippen LogP contribution in [0.25, 0.3) is 0 Å². The molecule has 1 atom stereocenters. The van der Waals surface area contributed by atoms with Crippen molar-refractivity contribution in [2.24, 2.45) is 0 Å². The molecule has 2 aromatic rings. The first-order valence-electron chi connectivity index (χ1n) is 5.91. The van der Waals surface area contributed by atoms with Gasteiger partial charge in [-0.2, -0.15) is 0 Å². The molecule has 1 heterocycles. The Bertz CT molecular complexity index is 552. The second kappa shape index (κ2) is 5.84. The molecule has 0 fully saturated rings. The van der Waals surface area contributed by atoms with E-state index in [1.165, 1.54) is 18.3 Å². The summed E-state index contributed by atoms with van der Waals surface area (Å²) >= 11 is 0. The Labute approximate surface area is 109 Å². The van der Waals surface area contributed by atoms with Gasteiger partial charge in [-0.05, 0) is 24.7 Å². The van der Waals surface area contributed by atoms with Crippen LogP contribution in [0, 0.1) is 17.5 Å². The number of rotatable bonds is 4. The van der Waals surface area contributed by atoms with Gasteiger partial charge >= 0.3 is 0 Å². The molecule has 0 aliphatic carbocycles. The van der Waals surface area contributed by atoms with E-state index in [2.05, 4.69) is 10.3 Å². The summed E-state index contributed by atoms with van der Waals surface area (Å²) < 4.78 is 41.4. The first-order valence-corrected chi connectivity index (χ1v) is 5.91.